The summed E-state index contributed by atoms with van der Waals surface area (Å²) < 4.78 is 12.8. The van der Waals surface area contributed by atoms with Gasteiger partial charge < -0.3 is 5.32 Å². The highest BCUT2D eigenvalue weighted by atomic mass is 32.2. The smallest absolute Gasteiger partial charge is 0.123 e. The Kier molecular flexibility index (Phi) is 5.03. The van der Waals surface area contributed by atoms with Gasteiger partial charge in [0, 0.05) is 11.4 Å². The van der Waals surface area contributed by atoms with Crippen LogP contribution in [0.15, 0.2) is 47.4 Å². The molecule has 0 bridgehead atoms. The van der Waals surface area contributed by atoms with E-state index < -0.39 is 0 Å². The Morgan fingerprint density at radius 3 is 2.60 bits per heavy atom. The number of thioether (sulfide) groups is 1. The Balaban J connectivity index is 2.15. The highest BCUT2D eigenvalue weighted by molar-refractivity contribution is 7.99. The first-order valence-corrected chi connectivity index (χ1v) is 7.37. The molecule has 0 amide bonds. The molecule has 0 saturated heterocycles. The second-order valence-corrected chi connectivity index (χ2v) is 5.51. The van der Waals surface area contributed by atoms with Crippen LogP contribution in [0.25, 0.3) is 0 Å². The number of nitrogens with one attached hydrogen (secondary N) is 1. The first-order valence-electron chi connectivity index (χ1n) is 6.38. The van der Waals surface area contributed by atoms with Crippen LogP contribution in [0.3, 0.4) is 0 Å². The third kappa shape index (κ3) is 3.52. The van der Waals surface area contributed by atoms with Gasteiger partial charge in [-0.1, -0.05) is 25.1 Å². The van der Waals surface area contributed by atoms with Gasteiger partial charge in [0.1, 0.15) is 11.9 Å². The van der Waals surface area contributed by atoms with E-state index in [4.69, 9.17) is 0 Å². The molecule has 0 unspecified atom stereocenters. The van der Waals surface area contributed by atoms with Crippen LogP contribution in [-0.2, 0) is 6.54 Å². The van der Waals surface area contributed by atoms with Crippen LogP contribution in [0.1, 0.15) is 18.1 Å². The first-order chi connectivity index (χ1) is 9.74. The van der Waals surface area contributed by atoms with E-state index in [2.05, 4.69) is 18.3 Å². The van der Waals surface area contributed by atoms with E-state index in [1.807, 2.05) is 18.2 Å². The molecule has 0 aliphatic rings. The molecule has 0 atom stereocenters. The van der Waals surface area contributed by atoms with E-state index in [0.29, 0.717) is 12.1 Å². The van der Waals surface area contributed by atoms with Gasteiger partial charge in [0.05, 0.1) is 11.3 Å². The van der Waals surface area contributed by atoms with Crippen molar-refractivity contribution in [2.24, 2.45) is 0 Å². The van der Waals surface area contributed by atoms with Gasteiger partial charge in [0.15, 0.2) is 0 Å². The normalized spacial score (nSPS) is 10.1. The summed E-state index contributed by atoms with van der Waals surface area (Å²) in [5.41, 5.74) is 2.46. The molecular formula is C16H15FN2S. The second kappa shape index (κ2) is 6.97. The van der Waals surface area contributed by atoms with Gasteiger partial charge in [0.2, 0.25) is 0 Å². The zero-order chi connectivity index (χ0) is 14.4. The van der Waals surface area contributed by atoms with Crippen molar-refractivity contribution in [3.63, 3.8) is 0 Å². The van der Waals surface area contributed by atoms with Crippen LogP contribution in [0.4, 0.5) is 10.1 Å². The minimum atomic E-state index is -0.243. The molecule has 0 heterocycles. The third-order valence-electron chi connectivity index (χ3n) is 2.83. The summed E-state index contributed by atoms with van der Waals surface area (Å²) >= 11 is 1.65. The summed E-state index contributed by atoms with van der Waals surface area (Å²) in [7, 11) is 0. The van der Waals surface area contributed by atoms with Gasteiger partial charge in [-0.25, -0.2) is 4.39 Å². The number of benzene rings is 2. The topological polar surface area (TPSA) is 35.8 Å². The predicted octanol–water partition coefficient (Wildman–Crippen LogP) is 4.42. The fraction of sp³-hybridized carbons (Fsp3) is 0.188. The molecule has 20 heavy (non-hydrogen) atoms. The van der Waals surface area contributed by atoms with E-state index in [1.165, 1.54) is 12.1 Å². The molecular weight excluding hydrogens is 271 g/mol. The summed E-state index contributed by atoms with van der Waals surface area (Å²) in [5.74, 6) is 0.684. The van der Waals surface area contributed by atoms with E-state index in [1.54, 1.807) is 23.9 Å². The van der Waals surface area contributed by atoms with Crippen molar-refractivity contribution < 1.29 is 4.39 Å². The summed E-state index contributed by atoms with van der Waals surface area (Å²) in [6, 6.07) is 14.4. The number of rotatable bonds is 5. The van der Waals surface area contributed by atoms with E-state index in [-0.39, 0.29) is 5.82 Å². The molecule has 2 rings (SSSR count). The number of hydrogen-bond acceptors (Lipinski definition) is 3. The first kappa shape index (κ1) is 14.4. The number of anilines is 1. The molecule has 102 valence electrons. The van der Waals surface area contributed by atoms with Crippen LogP contribution >= 0.6 is 11.8 Å². The second-order valence-electron chi connectivity index (χ2n) is 4.20. The number of halogens is 1. The third-order valence-corrected chi connectivity index (χ3v) is 3.77. The Hall–Kier alpha value is -1.99. The highest BCUT2D eigenvalue weighted by Crippen LogP contribution is 2.28. The lowest BCUT2D eigenvalue weighted by Gasteiger charge is -2.11. The molecule has 0 spiro atoms. The molecule has 0 fully saturated rings. The minimum absolute atomic E-state index is 0.243. The molecule has 1 N–H and O–H groups in total. The van der Waals surface area contributed by atoms with Crippen LogP contribution in [-0.4, -0.2) is 5.75 Å². The maximum Gasteiger partial charge on any atom is 0.123 e. The average Bonchev–Trinajstić information content (AvgIpc) is 2.47. The lowest BCUT2D eigenvalue weighted by atomic mass is 10.1. The number of nitriles is 1. The summed E-state index contributed by atoms with van der Waals surface area (Å²) in [5, 5.41) is 12.5. The zero-order valence-electron chi connectivity index (χ0n) is 11.2. The largest absolute Gasteiger partial charge is 0.380 e. The van der Waals surface area contributed by atoms with Crippen molar-refractivity contribution in [3.05, 3.63) is 59.4 Å². The Morgan fingerprint density at radius 1 is 1.20 bits per heavy atom. The van der Waals surface area contributed by atoms with Crippen LogP contribution in [0.5, 0.6) is 0 Å². The van der Waals surface area contributed by atoms with Crippen molar-refractivity contribution in [3.8, 4) is 6.07 Å². The molecule has 0 aliphatic carbocycles. The van der Waals surface area contributed by atoms with Gasteiger partial charge in [-0.15, -0.1) is 11.8 Å². The molecule has 0 aromatic heterocycles. The van der Waals surface area contributed by atoms with Crippen LogP contribution < -0.4 is 5.32 Å². The Bertz CT molecular complexity index is 617. The molecule has 0 aliphatic heterocycles. The van der Waals surface area contributed by atoms with Gasteiger partial charge >= 0.3 is 0 Å². The SMILES string of the molecule is CCSc1cccc(NCc2ccc(F)cc2)c1C#N. The van der Waals surface area contributed by atoms with E-state index in [0.717, 1.165) is 21.9 Å². The predicted molar refractivity (Wildman–Crippen MR) is 81.3 cm³/mol. The summed E-state index contributed by atoms with van der Waals surface area (Å²) in [6.45, 7) is 2.62. The van der Waals surface area contributed by atoms with Crippen molar-refractivity contribution in [1.82, 2.24) is 0 Å². The van der Waals surface area contributed by atoms with Crippen molar-refractivity contribution in [1.29, 1.82) is 5.26 Å². The average molecular weight is 286 g/mol. The van der Waals surface area contributed by atoms with Gasteiger partial charge in [-0.2, -0.15) is 5.26 Å². The summed E-state index contributed by atoms with van der Waals surface area (Å²) in [6.07, 6.45) is 0. The molecule has 2 nitrogen and oxygen atoms in total. The lowest BCUT2D eigenvalue weighted by Crippen LogP contribution is -2.02. The minimum Gasteiger partial charge on any atom is -0.380 e. The lowest BCUT2D eigenvalue weighted by molar-refractivity contribution is 0.627. The fourth-order valence-corrected chi connectivity index (χ4v) is 2.65. The zero-order valence-corrected chi connectivity index (χ0v) is 12.0. The summed E-state index contributed by atoms with van der Waals surface area (Å²) in [4.78, 5) is 0.985. The maximum atomic E-state index is 12.8. The van der Waals surface area contributed by atoms with Crippen molar-refractivity contribution in [2.75, 3.05) is 11.1 Å². The van der Waals surface area contributed by atoms with Crippen molar-refractivity contribution in [2.45, 2.75) is 18.4 Å². The van der Waals surface area contributed by atoms with Crippen LogP contribution in [0, 0.1) is 17.1 Å². The highest BCUT2D eigenvalue weighted by Gasteiger charge is 2.07. The quantitative estimate of drug-likeness (QED) is 0.826. The standard InChI is InChI=1S/C16H15FN2S/c1-2-20-16-5-3-4-15(14(16)10-18)19-11-12-6-8-13(17)9-7-12/h3-9,19H,2,11H2,1H3. The molecule has 4 heteroatoms. The van der Waals surface area contributed by atoms with Gasteiger partial charge in [-0.3, -0.25) is 0 Å². The monoisotopic (exact) mass is 286 g/mol. The fourth-order valence-electron chi connectivity index (χ4n) is 1.87. The number of nitrogens with zero attached hydrogens (tertiary/aromatic N) is 1. The maximum absolute atomic E-state index is 12.8. The molecule has 0 radical (unpaired) electrons. The van der Waals surface area contributed by atoms with Gasteiger partial charge in [-0.05, 0) is 35.6 Å². The Labute approximate surface area is 122 Å². The van der Waals surface area contributed by atoms with E-state index >= 15 is 0 Å². The number of hydrogen-bond donors (Lipinski definition) is 1. The van der Waals surface area contributed by atoms with E-state index in [9.17, 15) is 9.65 Å². The van der Waals surface area contributed by atoms with Gasteiger partial charge in [0.25, 0.3) is 0 Å². The Morgan fingerprint density at radius 2 is 1.95 bits per heavy atom. The molecule has 2 aromatic carbocycles. The molecule has 0 saturated carbocycles. The van der Waals surface area contributed by atoms with Crippen molar-refractivity contribution >= 4 is 17.4 Å². The molecule has 2 aromatic rings. The van der Waals surface area contributed by atoms with Crippen LogP contribution in [0.2, 0.25) is 0 Å².